The number of rotatable bonds is 4. The number of hydrogen-bond acceptors (Lipinski definition) is 3. The van der Waals surface area contributed by atoms with Crippen LogP contribution in [0.5, 0.6) is 0 Å². The van der Waals surface area contributed by atoms with E-state index in [1.165, 1.54) is 5.56 Å². The maximum atomic E-state index is 11.9. The third kappa shape index (κ3) is 3.88. The topological polar surface area (TPSA) is 23.6 Å². The summed E-state index contributed by atoms with van der Waals surface area (Å²) in [5.74, 6) is 0.284. The first kappa shape index (κ1) is 14.2. The van der Waals surface area contributed by atoms with E-state index in [1.54, 1.807) is 6.92 Å². The molecule has 3 heteroatoms. The molecular formula is C16H24N2O. The SMILES string of the molecule is CC(=O)[C@H](CN1CCN(C)CC1)c1ccc(C)cc1. The summed E-state index contributed by atoms with van der Waals surface area (Å²) in [5.41, 5.74) is 2.39. The van der Waals surface area contributed by atoms with E-state index < -0.39 is 0 Å². The number of carbonyl (C=O) groups is 1. The maximum Gasteiger partial charge on any atom is 0.138 e. The molecule has 0 aliphatic carbocycles. The number of ketones is 1. The van der Waals surface area contributed by atoms with Gasteiger partial charge in [0.25, 0.3) is 0 Å². The summed E-state index contributed by atoms with van der Waals surface area (Å²) in [6.45, 7) is 8.95. The van der Waals surface area contributed by atoms with Gasteiger partial charge in [0.15, 0.2) is 0 Å². The van der Waals surface area contributed by atoms with E-state index >= 15 is 0 Å². The van der Waals surface area contributed by atoms with Crippen LogP contribution in [0.25, 0.3) is 0 Å². The molecule has 1 aliphatic rings. The van der Waals surface area contributed by atoms with Crippen molar-refractivity contribution in [1.29, 1.82) is 0 Å². The van der Waals surface area contributed by atoms with Gasteiger partial charge in [-0.25, -0.2) is 0 Å². The van der Waals surface area contributed by atoms with Gasteiger partial charge in [-0.05, 0) is 26.5 Å². The Hall–Kier alpha value is -1.19. The molecule has 1 aliphatic heterocycles. The molecule has 0 radical (unpaired) electrons. The van der Waals surface area contributed by atoms with Crippen molar-refractivity contribution in [3.8, 4) is 0 Å². The van der Waals surface area contributed by atoms with Crippen molar-refractivity contribution >= 4 is 5.78 Å². The van der Waals surface area contributed by atoms with Gasteiger partial charge in [-0.1, -0.05) is 29.8 Å². The highest BCUT2D eigenvalue weighted by Gasteiger charge is 2.22. The minimum absolute atomic E-state index is 0.0176. The average Bonchev–Trinajstić information content (AvgIpc) is 2.39. The lowest BCUT2D eigenvalue weighted by Crippen LogP contribution is -2.46. The molecule has 1 aromatic carbocycles. The van der Waals surface area contributed by atoms with Gasteiger partial charge in [0.2, 0.25) is 0 Å². The molecule has 1 heterocycles. The van der Waals surface area contributed by atoms with E-state index in [1.807, 2.05) is 0 Å². The number of Topliss-reactive ketones (excluding diaryl/α,β-unsaturated/α-hetero) is 1. The summed E-state index contributed by atoms with van der Waals surface area (Å²) in [6.07, 6.45) is 0. The van der Waals surface area contributed by atoms with Gasteiger partial charge in [-0.2, -0.15) is 0 Å². The predicted octanol–water partition coefficient (Wildman–Crippen LogP) is 1.92. The average molecular weight is 260 g/mol. The van der Waals surface area contributed by atoms with Crippen molar-refractivity contribution in [2.75, 3.05) is 39.8 Å². The Morgan fingerprint density at radius 3 is 2.26 bits per heavy atom. The molecule has 19 heavy (non-hydrogen) atoms. The Labute approximate surface area is 116 Å². The summed E-state index contributed by atoms with van der Waals surface area (Å²) in [7, 11) is 2.15. The quantitative estimate of drug-likeness (QED) is 0.826. The highest BCUT2D eigenvalue weighted by Crippen LogP contribution is 2.19. The van der Waals surface area contributed by atoms with Crippen LogP contribution in [-0.2, 0) is 4.79 Å². The number of piperazine rings is 1. The molecule has 1 aromatic rings. The standard InChI is InChI=1S/C16H24N2O/c1-13-4-6-15(7-5-13)16(14(2)19)12-18-10-8-17(3)9-11-18/h4-7,16H,8-12H2,1-3H3/t16-/m0/s1. The molecule has 3 nitrogen and oxygen atoms in total. The minimum atomic E-state index is 0.0176. The Balaban J connectivity index is 2.04. The van der Waals surface area contributed by atoms with Gasteiger partial charge < -0.3 is 4.90 Å². The second-order valence-corrected chi connectivity index (χ2v) is 5.68. The van der Waals surface area contributed by atoms with Gasteiger partial charge >= 0.3 is 0 Å². The van der Waals surface area contributed by atoms with Gasteiger partial charge in [0, 0.05) is 32.7 Å². The summed E-state index contributed by atoms with van der Waals surface area (Å²) in [4.78, 5) is 16.7. The Morgan fingerprint density at radius 2 is 1.74 bits per heavy atom. The van der Waals surface area contributed by atoms with E-state index in [-0.39, 0.29) is 11.7 Å². The summed E-state index contributed by atoms with van der Waals surface area (Å²) in [6, 6.07) is 8.37. The van der Waals surface area contributed by atoms with E-state index in [9.17, 15) is 4.79 Å². The first-order chi connectivity index (χ1) is 9.06. The summed E-state index contributed by atoms with van der Waals surface area (Å²) in [5, 5.41) is 0. The van der Waals surface area contributed by atoms with Crippen LogP contribution in [0.3, 0.4) is 0 Å². The second kappa shape index (κ2) is 6.31. The number of hydrogen-bond donors (Lipinski definition) is 0. The Morgan fingerprint density at radius 1 is 1.16 bits per heavy atom. The van der Waals surface area contributed by atoms with E-state index in [0.29, 0.717) is 0 Å². The van der Waals surface area contributed by atoms with Gasteiger partial charge in [-0.3, -0.25) is 9.69 Å². The molecule has 0 saturated carbocycles. The van der Waals surface area contributed by atoms with Crippen molar-refractivity contribution in [1.82, 2.24) is 9.80 Å². The highest BCUT2D eigenvalue weighted by molar-refractivity contribution is 5.83. The monoisotopic (exact) mass is 260 g/mol. The van der Waals surface area contributed by atoms with Crippen LogP contribution >= 0.6 is 0 Å². The zero-order valence-corrected chi connectivity index (χ0v) is 12.2. The number of aryl methyl sites for hydroxylation is 1. The largest absolute Gasteiger partial charge is 0.304 e. The van der Waals surface area contributed by atoms with E-state index in [0.717, 1.165) is 38.3 Å². The Bertz CT molecular complexity index is 419. The fraction of sp³-hybridized carbons (Fsp3) is 0.562. The van der Waals surface area contributed by atoms with Crippen LogP contribution in [0.1, 0.15) is 24.0 Å². The second-order valence-electron chi connectivity index (χ2n) is 5.68. The lowest BCUT2D eigenvalue weighted by Gasteiger charge is -2.34. The normalized spacial score (nSPS) is 19.3. The van der Waals surface area contributed by atoms with Crippen LogP contribution in [0.4, 0.5) is 0 Å². The van der Waals surface area contributed by atoms with Crippen LogP contribution < -0.4 is 0 Å². The number of likely N-dealkylation sites (N-methyl/N-ethyl adjacent to an activating group) is 1. The van der Waals surface area contributed by atoms with Crippen molar-refractivity contribution in [2.45, 2.75) is 19.8 Å². The number of nitrogens with zero attached hydrogens (tertiary/aromatic N) is 2. The lowest BCUT2D eigenvalue weighted by molar-refractivity contribution is -0.119. The lowest BCUT2D eigenvalue weighted by atomic mass is 9.94. The zero-order chi connectivity index (χ0) is 13.8. The molecule has 1 saturated heterocycles. The van der Waals surface area contributed by atoms with Crippen molar-refractivity contribution in [3.63, 3.8) is 0 Å². The van der Waals surface area contributed by atoms with Crippen molar-refractivity contribution in [2.24, 2.45) is 0 Å². The first-order valence-electron chi connectivity index (χ1n) is 7.04. The smallest absolute Gasteiger partial charge is 0.138 e. The number of benzene rings is 1. The summed E-state index contributed by atoms with van der Waals surface area (Å²) >= 11 is 0. The zero-order valence-electron chi connectivity index (χ0n) is 12.2. The van der Waals surface area contributed by atoms with E-state index in [2.05, 4.69) is 48.0 Å². The molecule has 0 amide bonds. The van der Waals surface area contributed by atoms with Crippen LogP contribution in [0.15, 0.2) is 24.3 Å². The highest BCUT2D eigenvalue weighted by atomic mass is 16.1. The molecule has 2 rings (SSSR count). The van der Waals surface area contributed by atoms with Gasteiger partial charge in [0.05, 0.1) is 5.92 Å². The summed E-state index contributed by atoms with van der Waals surface area (Å²) < 4.78 is 0. The van der Waals surface area contributed by atoms with Crippen LogP contribution in [-0.4, -0.2) is 55.4 Å². The molecule has 0 unspecified atom stereocenters. The van der Waals surface area contributed by atoms with E-state index in [4.69, 9.17) is 0 Å². The molecule has 1 fully saturated rings. The maximum absolute atomic E-state index is 11.9. The van der Waals surface area contributed by atoms with Crippen molar-refractivity contribution < 1.29 is 4.79 Å². The fourth-order valence-corrected chi connectivity index (χ4v) is 2.56. The minimum Gasteiger partial charge on any atom is -0.304 e. The van der Waals surface area contributed by atoms with Crippen LogP contribution in [0.2, 0.25) is 0 Å². The Kier molecular flexibility index (Phi) is 4.72. The third-order valence-electron chi connectivity index (χ3n) is 4.01. The molecule has 0 spiro atoms. The van der Waals surface area contributed by atoms with Crippen LogP contribution in [0, 0.1) is 6.92 Å². The molecule has 1 atom stereocenters. The number of carbonyl (C=O) groups excluding carboxylic acids is 1. The van der Waals surface area contributed by atoms with Gasteiger partial charge in [-0.15, -0.1) is 0 Å². The molecule has 0 aromatic heterocycles. The fourth-order valence-electron chi connectivity index (χ4n) is 2.56. The first-order valence-corrected chi connectivity index (χ1v) is 7.04. The third-order valence-corrected chi connectivity index (χ3v) is 4.01. The molecular weight excluding hydrogens is 236 g/mol. The molecule has 0 N–H and O–H groups in total. The molecule has 0 bridgehead atoms. The predicted molar refractivity (Wildman–Crippen MR) is 78.5 cm³/mol. The molecule has 104 valence electrons. The van der Waals surface area contributed by atoms with Gasteiger partial charge in [0.1, 0.15) is 5.78 Å². The van der Waals surface area contributed by atoms with Crippen molar-refractivity contribution in [3.05, 3.63) is 35.4 Å².